The van der Waals surface area contributed by atoms with Crippen molar-refractivity contribution in [2.45, 2.75) is 0 Å². The quantitative estimate of drug-likeness (QED) is 0.177. The standard InChI is InChI=1S/C51H31N5O/c1-4-15-32(16-5-1)49-52-50(33-17-6-2-7-18-33)54-51(53-49)39-24-14-23-38-46-43(56(48(38)39)34-19-8-3-9-20-34)28-30-45-47(46)40-31-35(27-29-44(40)57-45)55-41-25-12-10-21-36(41)37-22-11-13-26-42(37)55/h1-31H. The molecule has 8 aromatic carbocycles. The summed E-state index contributed by atoms with van der Waals surface area (Å²) in [5.41, 5.74) is 11.0. The molecular weight excluding hydrogens is 699 g/mol. The first-order valence-corrected chi connectivity index (χ1v) is 19.1. The molecule has 0 aliphatic rings. The molecule has 0 amide bonds. The molecule has 6 heteroatoms. The number of furan rings is 1. The van der Waals surface area contributed by atoms with Gasteiger partial charge in [0, 0.05) is 60.4 Å². The highest BCUT2D eigenvalue weighted by molar-refractivity contribution is 6.28. The van der Waals surface area contributed by atoms with Crippen molar-refractivity contribution in [1.29, 1.82) is 0 Å². The van der Waals surface area contributed by atoms with Gasteiger partial charge in [-0.05, 0) is 60.7 Å². The molecule has 4 heterocycles. The van der Waals surface area contributed by atoms with Gasteiger partial charge in [0.2, 0.25) is 0 Å². The molecule has 0 bridgehead atoms. The van der Waals surface area contributed by atoms with Gasteiger partial charge in [-0.15, -0.1) is 0 Å². The summed E-state index contributed by atoms with van der Waals surface area (Å²) in [4.78, 5) is 15.4. The molecule has 12 rings (SSSR count). The maximum atomic E-state index is 6.66. The van der Waals surface area contributed by atoms with Gasteiger partial charge in [0.25, 0.3) is 0 Å². The number of hydrogen-bond donors (Lipinski definition) is 0. The first-order chi connectivity index (χ1) is 28.3. The van der Waals surface area contributed by atoms with Crippen molar-refractivity contribution in [2.24, 2.45) is 0 Å². The van der Waals surface area contributed by atoms with E-state index in [1.807, 2.05) is 60.7 Å². The lowest BCUT2D eigenvalue weighted by atomic mass is 10.0. The third-order valence-corrected chi connectivity index (χ3v) is 11.2. The van der Waals surface area contributed by atoms with Gasteiger partial charge in [-0.2, -0.15) is 0 Å². The Morgan fingerprint density at radius 2 is 0.912 bits per heavy atom. The molecule has 0 radical (unpaired) electrons. The Morgan fingerprint density at radius 1 is 0.351 bits per heavy atom. The van der Waals surface area contributed by atoms with Crippen LogP contribution in [0.1, 0.15) is 0 Å². The molecule has 0 spiro atoms. The maximum Gasteiger partial charge on any atom is 0.166 e. The van der Waals surface area contributed by atoms with E-state index in [1.165, 1.54) is 21.8 Å². The van der Waals surface area contributed by atoms with E-state index in [-0.39, 0.29) is 0 Å². The Balaban J connectivity index is 1.18. The van der Waals surface area contributed by atoms with Crippen LogP contribution in [0.3, 0.4) is 0 Å². The van der Waals surface area contributed by atoms with Crippen LogP contribution in [-0.2, 0) is 0 Å². The van der Waals surface area contributed by atoms with Crippen molar-refractivity contribution < 1.29 is 4.42 Å². The lowest BCUT2D eigenvalue weighted by molar-refractivity contribution is 0.669. The minimum Gasteiger partial charge on any atom is -0.456 e. The molecule has 0 unspecified atom stereocenters. The summed E-state index contributed by atoms with van der Waals surface area (Å²) in [6.45, 7) is 0. The maximum absolute atomic E-state index is 6.66. The number of rotatable bonds is 5. The van der Waals surface area contributed by atoms with Crippen LogP contribution in [0.4, 0.5) is 0 Å². The van der Waals surface area contributed by atoms with E-state index in [2.05, 4.69) is 137 Å². The fourth-order valence-corrected chi connectivity index (χ4v) is 8.71. The van der Waals surface area contributed by atoms with Crippen LogP contribution in [0, 0.1) is 0 Å². The Morgan fingerprint density at radius 3 is 1.58 bits per heavy atom. The predicted molar refractivity (Wildman–Crippen MR) is 232 cm³/mol. The number of benzene rings is 8. The second kappa shape index (κ2) is 12.3. The van der Waals surface area contributed by atoms with Crippen molar-refractivity contribution in [2.75, 3.05) is 0 Å². The molecule has 0 saturated heterocycles. The summed E-state index contributed by atoms with van der Waals surface area (Å²) in [5.74, 6) is 1.86. The molecule has 0 aliphatic carbocycles. The highest BCUT2D eigenvalue weighted by Gasteiger charge is 2.24. The van der Waals surface area contributed by atoms with Gasteiger partial charge < -0.3 is 13.6 Å². The van der Waals surface area contributed by atoms with E-state index in [0.717, 1.165) is 71.8 Å². The second-order valence-corrected chi connectivity index (χ2v) is 14.4. The Bertz CT molecular complexity index is 3400. The number of nitrogens with zero attached hydrogens (tertiary/aromatic N) is 5. The van der Waals surface area contributed by atoms with Crippen LogP contribution >= 0.6 is 0 Å². The normalized spacial score (nSPS) is 11.9. The fourth-order valence-electron chi connectivity index (χ4n) is 8.71. The molecule has 0 atom stereocenters. The highest BCUT2D eigenvalue weighted by atomic mass is 16.3. The molecule has 4 aromatic heterocycles. The van der Waals surface area contributed by atoms with E-state index in [0.29, 0.717) is 17.5 Å². The molecule has 0 N–H and O–H groups in total. The van der Waals surface area contributed by atoms with Gasteiger partial charge in [0.05, 0.1) is 22.1 Å². The van der Waals surface area contributed by atoms with Crippen LogP contribution in [0.25, 0.3) is 111 Å². The number of para-hydroxylation sites is 4. The van der Waals surface area contributed by atoms with Crippen molar-refractivity contribution in [1.82, 2.24) is 24.1 Å². The minimum atomic E-state index is 0.607. The lowest BCUT2D eigenvalue weighted by Gasteiger charge is -2.12. The average Bonchev–Trinajstić information content (AvgIpc) is 3.94. The Kier molecular flexibility index (Phi) is 6.83. The molecule has 0 saturated carbocycles. The smallest absolute Gasteiger partial charge is 0.166 e. The van der Waals surface area contributed by atoms with Crippen LogP contribution < -0.4 is 0 Å². The van der Waals surface area contributed by atoms with E-state index in [9.17, 15) is 0 Å². The first kappa shape index (κ1) is 31.5. The zero-order valence-corrected chi connectivity index (χ0v) is 30.5. The SMILES string of the molecule is c1ccc(-c2nc(-c3ccccc3)nc(-c3cccc4c5c6c(ccc5n(-c5ccccc5)c34)oc3ccc(-n4c5ccccc5c5ccccc54)cc36)n2)cc1. The van der Waals surface area contributed by atoms with Crippen molar-refractivity contribution in [3.8, 4) is 45.5 Å². The monoisotopic (exact) mass is 729 g/mol. The Labute approximate surface area is 326 Å². The second-order valence-electron chi connectivity index (χ2n) is 14.4. The third kappa shape index (κ3) is 4.81. The minimum absolute atomic E-state index is 0.607. The largest absolute Gasteiger partial charge is 0.456 e. The summed E-state index contributed by atoms with van der Waals surface area (Å²) < 4.78 is 11.4. The van der Waals surface area contributed by atoms with Crippen molar-refractivity contribution in [3.63, 3.8) is 0 Å². The number of hydrogen-bond acceptors (Lipinski definition) is 4. The van der Waals surface area contributed by atoms with Crippen LogP contribution in [0.15, 0.2) is 192 Å². The summed E-state index contributed by atoms with van der Waals surface area (Å²) in [6, 6.07) is 65.4. The van der Waals surface area contributed by atoms with Crippen LogP contribution in [-0.4, -0.2) is 24.1 Å². The van der Waals surface area contributed by atoms with Gasteiger partial charge >= 0.3 is 0 Å². The third-order valence-electron chi connectivity index (χ3n) is 11.2. The number of aromatic nitrogens is 5. The van der Waals surface area contributed by atoms with Crippen molar-refractivity contribution >= 4 is 65.6 Å². The zero-order chi connectivity index (χ0) is 37.5. The summed E-state index contributed by atoms with van der Waals surface area (Å²) >= 11 is 0. The molecule has 0 aliphatic heterocycles. The molecule has 0 fully saturated rings. The molecule has 266 valence electrons. The number of fused-ring (bicyclic) bond motifs is 10. The zero-order valence-electron chi connectivity index (χ0n) is 30.5. The highest BCUT2D eigenvalue weighted by Crippen LogP contribution is 2.44. The first-order valence-electron chi connectivity index (χ1n) is 19.1. The summed E-state index contributed by atoms with van der Waals surface area (Å²) in [5, 5.41) is 6.81. The van der Waals surface area contributed by atoms with Gasteiger partial charge in [-0.1, -0.05) is 127 Å². The van der Waals surface area contributed by atoms with E-state index >= 15 is 0 Å². The fraction of sp³-hybridized carbons (Fsp3) is 0. The van der Waals surface area contributed by atoms with Gasteiger partial charge in [0.15, 0.2) is 17.5 Å². The van der Waals surface area contributed by atoms with E-state index in [1.54, 1.807) is 0 Å². The van der Waals surface area contributed by atoms with E-state index in [4.69, 9.17) is 19.4 Å². The Hall–Kier alpha value is -7.83. The predicted octanol–water partition coefficient (Wildman–Crippen LogP) is 13.0. The summed E-state index contributed by atoms with van der Waals surface area (Å²) in [6.07, 6.45) is 0. The van der Waals surface area contributed by atoms with Crippen molar-refractivity contribution in [3.05, 3.63) is 188 Å². The van der Waals surface area contributed by atoms with Gasteiger partial charge in [0.1, 0.15) is 11.2 Å². The molecule has 57 heavy (non-hydrogen) atoms. The average molecular weight is 730 g/mol. The van der Waals surface area contributed by atoms with Crippen LogP contribution in [0.5, 0.6) is 0 Å². The molecular formula is C51H31N5O. The molecule has 6 nitrogen and oxygen atoms in total. The molecule has 12 aromatic rings. The van der Waals surface area contributed by atoms with Gasteiger partial charge in [-0.3, -0.25) is 0 Å². The van der Waals surface area contributed by atoms with Gasteiger partial charge in [-0.25, -0.2) is 15.0 Å². The topological polar surface area (TPSA) is 61.7 Å². The van der Waals surface area contributed by atoms with E-state index < -0.39 is 0 Å². The van der Waals surface area contributed by atoms with Crippen LogP contribution in [0.2, 0.25) is 0 Å². The summed E-state index contributed by atoms with van der Waals surface area (Å²) in [7, 11) is 0. The lowest BCUT2D eigenvalue weighted by Crippen LogP contribution is -2.02.